The van der Waals surface area contributed by atoms with Gasteiger partial charge in [-0.05, 0) is 49.9 Å². The first-order valence-corrected chi connectivity index (χ1v) is 11.0. The van der Waals surface area contributed by atoms with Crippen LogP contribution in [0, 0.1) is 5.92 Å². The van der Waals surface area contributed by atoms with Crippen LogP contribution in [-0.2, 0) is 24.3 Å². The molecule has 0 unspecified atom stereocenters. The lowest BCUT2D eigenvalue weighted by atomic mass is 9.95. The molecule has 0 saturated carbocycles. The Bertz CT molecular complexity index is 802. The van der Waals surface area contributed by atoms with Gasteiger partial charge in [0.15, 0.2) is 6.61 Å². The van der Waals surface area contributed by atoms with Gasteiger partial charge in [-0.1, -0.05) is 25.5 Å². The summed E-state index contributed by atoms with van der Waals surface area (Å²) in [6.07, 6.45) is 7.90. The molecule has 1 aromatic carbocycles. The van der Waals surface area contributed by atoms with Crippen molar-refractivity contribution in [2.45, 2.75) is 43.9 Å². The molecule has 0 fully saturated rings. The molecule has 1 atom stereocenters. The Morgan fingerprint density at radius 2 is 1.93 bits per heavy atom. The molecule has 7 nitrogen and oxygen atoms in total. The van der Waals surface area contributed by atoms with E-state index in [9.17, 15) is 18.0 Å². The third kappa shape index (κ3) is 6.17. The van der Waals surface area contributed by atoms with Gasteiger partial charge in [0.25, 0.3) is 5.91 Å². The minimum atomic E-state index is -3.54. The van der Waals surface area contributed by atoms with Crippen molar-refractivity contribution in [3.05, 3.63) is 36.4 Å². The Balaban J connectivity index is 1.86. The van der Waals surface area contributed by atoms with Gasteiger partial charge in [-0.3, -0.25) is 9.59 Å². The zero-order chi connectivity index (χ0) is 20.6. The van der Waals surface area contributed by atoms with Crippen LogP contribution in [0.3, 0.4) is 0 Å². The number of hydrogen-bond acceptors (Lipinski definition) is 5. The third-order valence-corrected chi connectivity index (χ3v) is 6.49. The summed E-state index contributed by atoms with van der Waals surface area (Å²) in [4.78, 5) is 24.1. The number of sulfonamides is 1. The van der Waals surface area contributed by atoms with Crippen molar-refractivity contribution in [1.29, 1.82) is 0 Å². The van der Waals surface area contributed by atoms with Gasteiger partial charge in [-0.25, -0.2) is 12.7 Å². The summed E-state index contributed by atoms with van der Waals surface area (Å²) >= 11 is 0. The highest BCUT2D eigenvalue weighted by molar-refractivity contribution is 7.89. The van der Waals surface area contributed by atoms with E-state index in [1.807, 2.05) is 19.1 Å². The van der Waals surface area contributed by atoms with E-state index in [1.54, 1.807) is 7.05 Å². The molecule has 1 aromatic rings. The molecule has 0 saturated heterocycles. The average molecular weight is 409 g/mol. The van der Waals surface area contributed by atoms with Crippen molar-refractivity contribution in [3.8, 4) is 0 Å². The van der Waals surface area contributed by atoms with Crippen LogP contribution in [0.4, 0.5) is 5.69 Å². The number of anilines is 1. The molecule has 2 rings (SSSR count). The van der Waals surface area contributed by atoms with E-state index in [0.717, 1.165) is 25.7 Å². The fourth-order valence-electron chi connectivity index (χ4n) is 2.85. The fourth-order valence-corrected chi connectivity index (χ4v) is 4.06. The van der Waals surface area contributed by atoms with Gasteiger partial charge >= 0.3 is 5.97 Å². The van der Waals surface area contributed by atoms with Crippen LogP contribution < -0.4 is 5.32 Å². The summed E-state index contributed by atoms with van der Waals surface area (Å²) in [6.45, 7) is 2.10. The van der Waals surface area contributed by atoms with Gasteiger partial charge in [0, 0.05) is 19.3 Å². The summed E-state index contributed by atoms with van der Waals surface area (Å²) in [5.41, 5.74) is 0.441. The number of carbonyl (C=O) groups excluding carboxylic acids is 2. The number of benzene rings is 1. The minimum absolute atomic E-state index is 0.167. The Hall–Kier alpha value is -2.19. The summed E-state index contributed by atoms with van der Waals surface area (Å²) in [7, 11) is -1.99. The van der Waals surface area contributed by atoms with Crippen LogP contribution >= 0.6 is 0 Å². The molecule has 1 aliphatic carbocycles. The third-order valence-electron chi connectivity index (χ3n) is 4.62. The molecule has 0 bridgehead atoms. The summed E-state index contributed by atoms with van der Waals surface area (Å²) < 4.78 is 31.3. The molecule has 28 heavy (non-hydrogen) atoms. The number of amides is 1. The quantitative estimate of drug-likeness (QED) is 0.501. The highest BCUT2D eigenvalue weighted by atomic mass is 32.2. The second kappa shape index (κ2) is 10.4. The van der Waals surface area contributed by atoms with Crippen LogP contribution in [0.1, 0.15) is 39.0 Å². The smallest absolute Gasteiger partial charge is 0.309 e. The van der Waals surface area contributed by atoms with Crippen LogP contribution in [-0.4, -0.2) is 44.8 Å². The van der Waals surface area contributed by atoms with Crippen LogP contribution in [0.2, 0.25) is 0 Å². The first-order chi connectivity index (χ1) is 13.3. The first-order valence-electron chi connectivity index (χ1n) is 9.52. The highest BCUT2D eigenvalue weighted by Gasteiger charge is 2.22. The molecule has 1 N–H and O–H groups in total. The van der Waals surface area contributed by atoms with Gasteiger partial charge in [-0.2, -0.15) is 0 Å². The van der Waals surface area contributed by atoms with E-state index in [-0.39, 0.29) is 23.4 Å². The first kappa shape index (κ1) is 22.1. The Labute approximate surface area is 166 Å². The molecule has 0 spiro atoms. The van der Waals surface area contributed by atoms with E-state index < -0.39 is 15.9 Å². The lowest BCUT2D eigenvalue weighted by molar-refractivity contribution is -0.151. The van der Waals surface area contributed by atoms with E-state index in [2.05, 4.69) is 5.32 Å². The van der Waals surface area contributed by atoms with Gasteiger partial charge in [0.1, 0.15) is 0 Å². The van der Waals surface area contributed by atoms with Crippen molar-refractivity contribution in [2.24, 2.45) is 5.92 Å². The molecular weight excluding hydrogens is 380 g/mol. The molecule has 1 aliphatic rings. The second-order valence-electron chi connectivity index (χ2n) is 6.84. The Morgan fingerprint density at radius 1 is 1.21 bits per heavy atom. The fraction of sp³-hybridized carbons (Fsp3) is 0.500. The summed E-state index contributed by atoms with van der Waals surface area (Å²) in [5.74, 6) is -1.02. The zero-order valence-electron chi connectivity index (χ0n) is 16.4. The summed E-state index contributed by atoms with van der Waals surface area (Å²) in [5, 5.41) is 2.60. The molecule has 0 radical (unpaired) electrons. The number of ether oxygens (including phenoxy) is 1. The lowest BCUT2D eigenvalue weighted by Crippen LogP contribution is -2.28. The maximum absolute atomic E-state index is 12.5. The van der Waals surface area contributed by atoms with E-state index in [0.29, 0.717) is 18.7 Å². The number of carbonyl (C=O) groups is 2. The molecule has 154 valence electrons. The van der Waals surface area contributed by atoms with Gasteiger partial charge in [-0.15, -0.1) is 0 Å². The Morgan fingerprint density at radius 3 is 2.54 bits per heavy atom. The lowest BCUT2D eigenvalue weighted by Gasteiger charge is -2.17. The monoisotopic (exact) mass is 408 g/mol. The van der Waals surface area contributed by atoms with Crippen LogP contribution in [0.15, 0.2) is 41.3 Å². The number of esters is 1. The largest absolute Gasteiger partial charge is 0.455 e. The summed E-state index contributed by atoms with van der Waals surface area (Å²) in [6, 6.07) is 5.94. The number of unbranched alkanes of at least 4 members (excludes halogenated alkanes) is 1. The molecule has 0 heterocycles. The van der Waals surface area contributed by atoms with Crippen molar-refractivity contribution in [1.82, 2.24) is 4.31 Å². The molecule has 1 amide bonds. The van der Waals surface area contributed by atoms with Crippen LogP contribution in [0.25, 0.3) is 0 Å². The number of allylic oxidation sites excluding steroid dienone is 2. The average Bonchev–Trinajstić information content (AvgIpc) is 2.71. The standard InChI is InChI=1S/C20H28N2O5S/c1-3-4-14-22(2)28(25,26)18-12-10-17(11-13-18)21-19(23)15-27-20(24)16-8-6-5-7-9-16/h5-6,10-13,16H,3-4,7-9,14-15H2,1-2H3,(H,21,23)/t16-/m0/s1. The zero-order valence-corrected chi connectivity index (χ0v) is 17.2. The van der Waals surface area contributed by atoms with E-state index in [4.69, 9.17) is 4.74 Å². The van der Waals surface area contributed by atoms with Gasteiger partial charge in [0.05, 0.1) is 10.8 Å². The topological polar surface area (TPSA) is 92.8 Å². The van der Waals surface area contributed by atoms with Crippen molar-refractivity contribution >= 4 is 27.6 Å². The number of nitrogens with one attached hydrogen (secondary N) is 1. The molecule has 0 aliphatic heterocycles. The van der Waals surface area contributed by atoms with Gasteiger partial charge < -0.3 is 10.1 Å². The maximum Gasteiger partial charge on any atom is 0.309 e. The molecule has 0 aromatic heterocycles. The van der Waals surface area contributed by atoms with Crippen LogP contribution in [0.5, 0.6) is 0 Å². The van der Waals surface area contributed by atoms with Crippen molar-refractivity contribution < 1.29 is 22.7 Å². The predicted octanol–water partition coefficient (Wildman–Crippen LogP) is 2.95. The predicted molar refractivity (Wildman–Crippen MR) is 107 cm³/mol. The number of nitrogens with zero attached hydrogens (tertiary/aromatic N) is 1. The number of hydrogen-bond donors (Lipinski definition) is 1. The minimum Gasteiger partial charge on any atom is -0.455 e. The molecular formula is C20H28N2O5S. The van der Waals surface area contributed by atoms with Crippen molar-refractivity contribution in [3.63, 3.8) is 0 Å². The maximum atomic E-state index is 12.5. The van der Waals surface area contributed by atoms with E-state index in [1.165, 1.54) is 28.6 Å². The second-order valence-corrected chi connectivity index (χ2v) is 8.89. The van der Waals surface area contributed by atoms with E-state index >= 15 is 0 Å². The van der Waals surface area contributed by atoms with Gasteiger partial charge in [0.2, 0.25) is 10.0 Å². The highest BCUT2D eigenvalue weighted by Crippen LogP contribution is 2.20. The normalized spacial score (nSPS) is 16.8. The Kier molecular flexibility index (Phi) is 8.19. The number of rotatable bonds is 9. The molecule has 8 heteroatoms. The SMILES string of the molecule is CCCCN(C)S(=O)(=O)c1ccc(NC(=O)COC(=O)[C@H]2CC=CCC2)cc1. The van der Waals surface area contributed by atoms with Crippen molar-refractivity contribution in [2.75, 3.05) is 25.5 Å².